The number of aryl methyl sites for hydroxylation is 4. The monoisotopic (exact) mass is 1610 g/mol. The normalized spacial score (nSPS) is 32.1. The predicted octanol–water partition coefficient (Wildman–Crippen LogP) is 13.3. The molecule has 6 aliphatic rings. The second kappa shape index (κ2) is 30.2. The van der Waals surface area contributed by atoms with E-state index in [1.165, 1.54) is 65.8 Å². The Bertz CT molecular complexity index is 3950. The smallest absolute Gasteiger partial charge is 0.471 e. The molecule has 8 amide bonds. The van der Waals surface area contributed by atoms with E-state index in [-0.39, 0.29) is 62.5 Å². The van der Waals surface area contributed by atoms with Gasteiger partial charge in [-0.25, -0.2) is 0 Å². The number of phenolic OH excluding ortho intramolecular Hbond substituents is 2. The van der Waals surface area contributed by atoms with Crippen molar-refractivity contribution in [3.05, 3.63) is 115 Å². The molecule has 0 radical (unpaired) electrons. The minimum Gasteiger partial charge on any atom is -0.506 e. The molecule has 4 aliphatic carbocycles. The number of nitrogens with one attached hydrogen (secondary N) is 8. The maximum Gasteiger partial charge on any atom is 0.471 e. The molecule has 10 rings (SSSR count). The van der Waals surface area contributed by atoms with E-state index in [1.807, 2.05) is 0 Å². The van der Waals surface area contributed by atoms with Crippen molar-refractivity contribution in [3.8, 4) is 23.0 Å². The topological polar surface area (TPSA) is 292 Å². The van der Waals surface area contributed by atoms with E-state index in [1.54, 1.807) is 27.7 Å². The Hall–Kier alpha value is -9.28. The maximum absolute atomic E-state index is 16.9. The van der Waals surface area contributed by atoms with Crippen LogP contribution in [0.4, 0.5) is 70.2 Å². The van der Waals surface area contributed by atoms with Gasteiger partial charge in [0.1, 0.15) is 11.5 Å². The SMILES string of the molecule is Cc1cc2c(O)c(c1)C(=O)NC1CC(NC(=O)c3cc(C)cc4c3OC(F)(F)C(F)(F)C(F)(F)C(F)(F)C(F)(F)C(F)(F)C(F)(F)C(F)(F)Oc3c(cc(C)cc3C(=O)NC3CC(NC(=O)c5cc(C)cc(c5O)C(=O)NC5CC(NC4=O)C(C)CC5C)C(C)CC3C)C(=O)NC3CC(NC2=O)C(C)CC3C)C(C)CC1C. The molecule has 112 heavy (non-hydrogen) atoms. The number of benzene rings is 4. The fourth-order valence-corrected chi connectivity index (χ4v) is 16.4. The maximum atomic E-state index is 16.9. The zero-order valence-electron chi connectivity index (χ0n) is 62.5. The largest absolute Gasteiger partial charge is 0.506 e. The lowest BCUT2D eigenvalue weighted by molar-refractivity contribution is -0.474. The first-order valence-electron chi connectivity index (χ1n) is 36.4. The van der Waals surface area contributed by atoms with Crippen molar-refractivity contribution in [2.45, 2.75) is 231 Å². The number of hydrogen-bond donors (Lipinski definition) is 10. The number of rotatable bonds is 0. The van der Waals surface area contributed by atoms with Crippen LogP contribution in [-0.4, -0.2) is 154 Å². The summed E-state index contributed by atoms with van der Waals surface area (Å²) < 4.78 is 272. The van der Waals surface area contributed by atoms with Crippen molar-refractivity contribution in [2.24, 2.45) is 47.3 Å². The van der Waals surface area contributed by atoms with Crippen molar-refractivity contribution >= 4 is 47.3 Å². The first kappa shape index (κ1) is 85.2. The van der Waals surface area contributed by atoms with E-state index in [4.69, 9.17) is 0 Å². The predicted molar refractivity (Wildman–Crippen MR) is 369 cm³/mol. The van der Waals surface area contributed by atoms with Gasteiger partial charge in [0, 0.05) is 48.3 Å². The van der Waals surface area contributed by atoms with Crippen LogP contribution in [0.1, 0.15) is 212 Å². The second-order valence-electron chi connectivity index (χ2n) is 31.8. The summed E-state index contributed by atoms with van der Waals surface area (Å²) >= 11 is 0. The number of hydrogen-bond acceptors (Lipinski definition) is 12. The van der Waals surface area contributed by atoms with Gasteiger partial charge in [0.05, 0.1) is 44.5 Å². The van der Waals surface area contributed by atoms with Gasteiger partial charge in [-0.05, 0) is 197 Å². The zero-order chi connectivity index (χ0) is 83.5. The van der Waals surface area contributed by atoms with Gasteiger partial charge in [-0.2, -0.15) is 70.2 Å². The molecule has 16 atom stereocenters. The third kappa shape index (κ3) is 15.3. The molecule has 4 aromatic rings. The highest BCUT2D eigenvalue weighted by molar-refractivity contribution is 6.08. The van der Waals surface area contributed by atoms with E-state index in [9.17, 15) is 48.6 Å². The Morgan fingerprint density at radius 2 is 0.402 bits per heavy atom. The number of phenols is 2. The standard InChI is InChI=1S/C76H86F16N8O12/c1-29-13-41-57(101)42(14-29)62(104)94-50-26-54(38(10)22-34(50)6)98-66(108)46-18-32(4)20-48-60(46)112-76(91,92)74(87,88)72(83,84)70(79,80)69(77,78)71(81,82)73(85,86)75(89,90)111-59-45(65(107)97-53-25-49(93-61(41)103)33(5)21-37(53)9)17-31(3)19-47(59)67(109)99-55-27-51(35(7)23-39(55)11)95-63(105)43-15-30(2)16-44(58(43)102)64(106)96-52-28-56(100-68(48)110)40(12)24-36(52)8/h13-20,33-40,49-56,101-102H,21-28H2,1-12H3,(H,93,103)(H,94,104)(H,95,105)(H,96,106)(H,97,107)(H,98,108)(H,99,109)(H,100,110). The van der Waals surface area contributed by atoms with Crippen LogP contribution in [0.15, 0.2) is 48.5 Å². The fraction of sp³-hybridized carbons (Fsp3) is 0.579. The van der Waals surface area contributed by atoms with E-state index >= 15 is 70.2 Å². The Labute approximate surface area is 632 Å². The number of fused-ring (bicyclic) bond motifs is 21. The van der Waals surface area contributed by atoms with E-state index < -0.39 is 269 Å². The summed E-state index contributed by atoms with van der Waals surface area (Å²) in [6, 6.07) is -3.01. The third-order valence-electron chi connectivity index (χ3n) is 23.1. The molecule has 0 saturated heterocycles. The average molecular weight is 1610 g/mol. The molecule has 4 saturated carbocycles. The van der Waals surface area contributed by atoms with Crippen LogP contribution in [0.2, 0.25) is 0 Å². The lowest BCUT2D eigenvalue weighted by Crippen LogP contribution is -2.75. The van der Waals surface area contributed by atoms with Gasteiger partial charge >= 0.3 is 47.8 Å². The van der Waals surface area contributed by atoms with Crippen molar-refractivity contribution in [3.63, 3.8) is 0 Å². The zero-order valence-corrected chi connectivity index (χ0v) is 62.5. The summed E-state index contributed by atoms with van der Waals surface area (Å²) in [5, 5.41) is 43.9. The van der Waals surface area contributed by atoms with Gasteiger partial charge in [-0.15, -0.1) is 0 Å². The van der Waals surface area contributed by atoms with E-state index in [0.717, 1.165) is 13.8 Å². The fourth-order valence-electron chi connectivity index (χ4n) is 16.4. The highest BCUT2D eigenvalue weighted by atomic mass is 19.4. The lowest BCUT2D eigenvalue weighted by Gasteiger charge is -2.43. The van der Waals surface area contributed by atoms with Crippen molar-refractivity contribution in [1.82, 2.24) is 42.5 Å². The van der Waals surface area contributed by atoms with Crippen LogP contribution in [-0.2, 0) is 0 Å². The lowest BCUT2D eigenvalue weighted by atomic mass is 9.76. The quantitative estimate of drug-likeness (QED) is 0.0736. The first-order valence-corrected chi connectivity index (χ1v) is 36.4. The molecule has 36 heteroatoms. The van der Waals surface area contributed by atoms with Crippen LogP contribution >= 0.6 is 0 Å². The highest BCUT2D eigenvalue weighted by Crippen LogP contribution is 2.64. The molecule has 4 fully saturated rings. The van der Waals surface area contributed by atoms with Crippen LogP contribution in [0.3, 0.4) is 0 Å². The van der Waals surface area contributed by atoms with Crippen molar-refractivity contribution in [2.75, 3.05) is 0 Å². The van der Waals surface area contributed by atoms with Gasteiger partial charge in [0.25, 0.3) is 47.3 Å². The summed E-state index contributed by atoms with van der Waals surface area (Å²) in [6.07, 6.45) is -16.8. The minimum atomic E-state index is -9.12. The number of aromatic hydroxyl groups is 2. The number of ether oxygens (including phenoxy) is 2. The molecule has 614 valence electrons. The molecule has 20 nitrogen and oxygen atoms in total. The summed E-state index contributed by atoms with van der Waals surface area (Å²) in [5.41, 5.74) is -8.66. The van der Waals surface area contributed by atoms with Crippen LogP contribution in [0.5, 0.6) is 23.0 Å². The third-order valence-corrected chi connectivity index (χ3v) is 23.1. The van der Waals surface area contributed by atoms with Crippen LogP contribution < -0.4 is 52.0 Å². The number of alkyl halides is 16. The van der Waals surface area contributed by atoms with Gasteiger partial charge in [-0.1, -0.05) is 55.4 Å². The van der Waals surface area contributed by atoms with Crippen molar-refractivity contribution in [1.29, 1.82) is 0 Å². The Balaban J connectivity index is 1.19. The molecule has 16 unspecified atom stereocenters. The van der Waals surface area contributed by atoms with Gasteiger partial charge in [-0.3, -0.25) is 38.4 Å². The van der Waals surface area contributed by atoms with Crippen LogP contribution in [0.25, 0.3) is 0 Å². The van der Waals surface area contributed by atoms with Gasteiger partial charge in [0.2, 0.25) is 0 Å². The Kier molecular flexibility index (Phi) is 23.0. The van der Waals surface area contributed by atoms with E-state index in [2.05, 4.69) is 52.0 Å². The molecule has 2 aliphatic heterocycles. The molecular weight excluding hydrogens is 1520 g/mol. The molecule has 0 spiro atoms. The number of carbonyl (C=O) groups excluding carboxylic acids is 8. The summed E-state index contributed by atoms with van der Waals surface area (Å²) in [4.78, 5) is 117. The average Bonchev–Trinajstić information content (AvgIpc) is 0.691. The van der Waals surface area contributed by atoms with Crippen molar-refractivity contribution < 1.29 is 128 Å². The summed E-state index contributed by atoms with van der Waals surface area (Å²) in [7, 11) is 0. The highest BCUT2D eigenvalue weighted by Gasteiger charge is 2.96. The van der Waals surface area contributed by atoms with Crippen LogP contribution in [0, 0.1) is 75.0 Å². The molecule has 2 heterocycles. The second-order valence-corrected chi connectivity index (χ2v) is 31.8. The van der Waals surface area contributed by atoms with Gasteiger partial charge < -0.3 is 62.2 Å². The summed E-state index contributed by atoms with van der Waals surface area (Å²) in [6.45, 7) is 17.3. The number of amides is 8. The Morgan fingerprint density at radius 3 is 0.571 bits per heavy atom. The first-order chi connectivity index (χ1) is 51.6. The Morgan fingerprint density at radius 1 is 0.259 bits per heavy atom. The molecule has 4 aromatic carbocycles. The number of carbonyl (C=O) groups is 8. The van der Waals surface area contributed by atoms with Gasteiger partial charge in [0.15, 0.2) is 11.5 Å². The molecule has 0 aromatic heterocycles. The summed E-state index contributed by atoms with van der Waals surface area (Å²) in [5.74, 6) is -76.2. The molecule has 14 bridgehead atoms. The molecule has 10 N–H and O–H groups in total. The molecular formula is C76H86F16N8O12. The minimum absolute atomic E-state index is 0.0234. The van der Waals surface area contributed by atoms with E-state index in [0.29, 0.717) is 24.3 Å². The number of halogens is 16.